The Morgan fingerprint density at radius 2 is 1.67 bits per heavy atom. The van der Waals surface area contributed by atoms with Crippen LogP contribution in [0.4, 0.5) is 5.82 Å². The van der Waals surface area contributed by atoms with Crippen LogP contribution in [0.5, 0.6) is 0 Å². The van der Waals surface area contributed by atoms with Crippen LogP contribution >= 0.6 is 11.3 Å². The molecular weight excluding hydrogens is 356 g/mol. The minimum atomic E-state index is -0.0780. The zero-order chi connectivity index (χ0) is 18.5. The third kappa shape index (κ3) is 3.80. The number of nitrogens with zero attached hydrogens (tertiary/aromatic N) is 2. The summed E-state index contributed by atoms with van der Waals surface area (Å²) in [6, 6.07) is 19.4. The Hall–Kier alpha value is -3.25. The van der Waals surface area contributed by atoms with Gasteiger partial charge < -0.3 is 10.6 Å². The van der Waals surface area contributed by atoms with Crippen molar-refractivity contribution in [2.45, 2.75) is 0 Å². The monoisotopic (exact) mass is 374 g/mol. The zero-order valence-electron chi connectivity index (χ0n) is 14.6. The number of carbonyl (C=O) groups excluding carboxylic acids is 1. The van der Waals surface area contributed by atoms with E-state index in [1.807, 2.05) is 36.4 Å². The van der Waals surface area contributed by atoms with Crippen molar-refractivity contribution in [1.82, 2.24) is 15.3 Å². The molecule has 0 fully saturated rings. The molecule has 0 aliphatic heterocycles. The van der Waals surface area contributed by atoms with Gasteiger partial charge in [-0.05, 0) is 17.7 Å². The van der Waals surface area contributed by atoms with Crippen LogP contribution in [0.25, 0.3) is 21.3 Å². The van der Waals surface area contributed by atoms with Crippen LogP contribution < -0.4 is 10.6 Å². The highest BCUT2D eigenvalue weighted by atomic mass is 32.1. The number of anilines is 1. The molecule has 5 nitrogen and oxygen atoms in total. The van der Waals surface area contributed by atoms with E-state index in [-0.39, 0.29) is 5.91 Å². The summed E-state index contributed by atoms with van der Waals surface area (Å²) >= 11 is 1.60. The van der Waals surface area contributed by atoms with Crippen LogP contribution in [0, 0.1) is 0 Å². The van der Waals surface area contributed by atoms with Crippen LogP contribution in [0.3, 0.4) is 0 Å². The number of benzene rings is 2. The van der Waals surface area contributed by atoms with Crippen molar-refractivity contribution < 1.29 is 4.79 Å². The Labute approximate surface area is 161 Å². The molecule has 27 heavy (non-hydrogen) atoms. The van der Waals surface area contributed by atoms with E-state index in [0.29, 0.717) is 18.7 Å². The molecule has 4 aromatic rings. The second-order valence-corrected chi connectivity index (χ2v) is 6.82. The summed E-state index contributed by atoms with van der Waals surface area (Å²) in [4.78, 5) is 21.8. The van der Waals surface area contributed by atoms with E-state index in [2.05, 4.69) is 38.1 Å². The minimum absolute atomic E-state index is 0.0780. The van der Waals surface area contributed by atoms with Crippen LogP contribution in [-0.2, 0) is 0 Å². The molecule has 0 aliphatic rings. The molecule has 2 aromatic carbocycles. The molecule has 0 bridgehead atoms. The molecule has 2 heterocycles. The fourth-order valence-electron chi connectivity index (χ4n) is 2.89. The summed E-state index contributed by atoms with van der Waals surface area (Å²) in [7, 11) is 0. The Kier molecular flexibility index (Phi) is 5.07. The van der Waals surface area contributed by atoms with Gasteiger partial charge in [-0.25, -0.2) is 9.97 Å². The first kappa shape index (κ1) is 17.2. The summed E-state index contributed by atoms with van der Waals surface area (Å²) in [5.74, 6) is 0.708. The maximum absolute atomic E-state index is 12.1. The first-order valence-electron chi connectivity index (χ1n) is 8.67. The number of thiophene rings is 1. The van der Waals surface area contributed by atoms with Crippen molar-refractivity contribution in [1.29, 1.82) is 0 Å². The highest BCUT2D eigenvalue weighted by molar-refractivity contribution is 7.17. The van der Waals surface area contributed by atoms with E-state index in [9.17, 15) is 4.79 Å². The van der Waals surface area contributed by atoms with E-state index in [4.69, 9.17) is 0 Å². The van der Waals surface area contributed by atoms with Crippen molar-refractivity contribution in [3.63, 3.8) is 0 Å². The first-order valence-corrected chi connectivity index (χ1v) is 9.55. The normalized spacial score (nSPS) is 10.7. The van der Waals surface area contributed by atoms with E-state index in [1.54, 1.807) is 29.8 Å². The van der Waals surface area contributed by atoms with Gasteiger partial charge in [0.15, 0.2) is 0 Å². The fourth-order valence-corrected chi connectivity index (χ4v) is 3.80. The van der Waals surface area contributed by atoms with Gasteiger partial charge in [-0.15, -0.1) is 11.3 Å². The smallest absolute Gasteiger partial charge is 0.251 e. The molecule has 0 spiro atoms. The molecule has 0 aliphatic carbocycles. The molecule has 4 rings (SSSR count). The van der Waals surface area contributed by atoms with Gasteiger partial charge in [-0.3, -0.25) is 4.79 Å². The average Bonchev–Trinajstić information content (AvgIpc) is 3.17. The number of amides is 1. The molecule has 0 unspecified atom stereocenters. The molecule has 0 radical (unpaired) electrons. The van der Waals surface area contributed by atoms with Gasteiger partial charge in [0.2, 0.25) is 0 Å². The van der Waals surface area contributed by atoms with E-state index in [1.165, 1.54) is 0 Å². The van der Waals surface area contributed by atoms with Crippen molar-refractivity contribution in [3.05, 3.63) is 77.9 Å². The summed E-state index contributed by atoms with van der Waals surface area (Å²) in [6.45, 7) is 1.08. The number of aromatic nitrogens is 2. The predicted octanol–water partition coefficient (Wildman–Crippen LogP) is 4.20. The second-order valence-electron chi connectivity index (χ2n) is 5.97. The molecule has 0 saturated heterocycles. The highest BCUT2D eigenvalue weighted by Gasteiger charge is 2.12. The first-order chi connectivity index (χ1) is 13.3. The van der Waals surface area contributed by atoms with Crippen molar-refractivity contribution >= 4 is 33.3 Å². The van der Waals surface area contributed by atoms with Crippen molar-refractivity contribution in [3.8, 4) is 11.1 Å². The summed E-state index contributed by atoms with van der Waals surface area (Å²) in [5, 5.41) is 9.37. The van der Waals surface area contributed by atoms with Gasteiger partial charge in [0.25, 0.3) is 5.91 Å². The van der Waals surface area contributed by atoms with Gasteiger partial charge in [0, 0.05) is 29.6 Å². The molecule has 2 aromatic heterocycles. The number of hydrogen-bond acceptors (Lipinski definition) is 5. The van der Waals surface area contributed by atoms with Gasteiger partial charge >= 0.3 is 0 Å². The number of hydrogen-bond donors (Lipinski definition) is 2. The van der Waals surface area contributed by atoms with Crippen molar-refractivity contribution in [2.24, 2.45) is 0 Å². The number of carbonyl (C=O) groups is 1. The molecule has 0 atom stereocenters. The Morgan fingerprint density at radius 1 is 0.926 bits per heavy atom. The van der Waals surface area contributed by atoms with Crippen LogP contribution in [0.1, 0.15) is 10.4 Å². The van der Waals surface area contributed by atoms with Gasteiger partial charge in [0.05, 0.1) is 5.39 Å². The predicted molar refractivity (Wildman–Crippen MR) is 110 cm³/mol. The number of rotatable bonds is 6. The topological polar surface area (TPSA) is 66.9 Å². The van der Waals surface area contributed by atoms with Crippen LogP contribution in [0.15, 0.2) is 72.4 Å². The summed E-state index contributed by atoms with van der Waals surface area (Å²) < 4.78 is 0. The Bertz CT molecular complexity index is 1050. The third-order valence-corrected chi connectivity index (χ3v) is 5.08. The molecule has 6 heteroatoms. The van der Waals surface area contributed by atoms with Gasteiger partial charge in [-0.1, -0.05) is 48.5 Å². The zero-order valence-corrected chi connectivity index (χ0v) is 15.4. The molecule has 134 valence electrons. The SMILES string of the molecule is O=C(NCCNc1ncnc2scc(-c3ccccc3)c12)c1ccccc1. The van der Waals surface area contributed by atoms with Crippen molar-refractivity contribution in [2.75, 3.05) is 18.4 Å². The van der Waals surface area contributed by atoms with Gasteiger partial charge in [0.1, 0.15) is 17.0 Å². The maximum atomic E-state index is 12.1. The lowest BCUT2D eigenvalue weighted by Crippen LogP contribution is -2.28. The average molecular weight is 374 g/mol. The molecule has 1 amide bonds. The Balaban J connectivity index is 1.46. The fraction of sp³-hybridized carbons (Fsp3) is 0.0952. The lowest BCUT2D eigenvalue weighted by Gasteiger charge is -2.09. The summed E-state index contributed by atoms with van der Waals surface area (Å²) in [6.07, 6.45) is 1.57. The van der Waals surface area contributed by atoms with E-state index in [0.717, 1.165) is 27.2 Å². The Morgan fingerprint density at radius 3 is 2.44 bits per heavy atom. The van der Waals surface area contributed by atoms with E-state index >= 15 is 0 Å². The summed E-state index contributed by atoms with van der Waals surface area (Å²) in [5.41, 5.74) is 2.91. The standard InChI is InChI=1S/C21H18N4OS/c26-20(16-9-5-2-6-10-16)23-12-11-22-19-18-17(15-7-3-1-4-8-15)13-27-21(18)25-14-24-19/h1-10,13-14H,11-12H2,(H,23,26)(H,22,24,25). The van der Waals surface area contributed by atoms with Crippen LogP contribution in [-0.4, -0.2) is 29.0 Å². The molecule has 2 N–H and O–H groups in total. The number of fused-ring (bicyclic) bond motifs is 1. The largest absolute Gasteiger partial charge is 0.368 e. The maximum Gasteiger partial charge on any atom is 0.251 e. The second kappa shape index (κ2) is 7.97. The third-order valence-electron chi connectivity index (χ3n) is 4.19. The van der Waals surface area contributed by atoms with Crippen LogP contribution in [0.2, 0.25) is 0 Å². The number of nitrogens with one attached hydrogen (secondary N) is 2. The quantitative estimate of drug-likeness (QED) is 0.497. The molecular formula is C21H18N4OS. The van der Waals surface area contributed by atoms with E-state index < -0.39 is 0 Å². The minimum Gasteiger partial charge on any atom is -0.368 e. The lowest BCUT2D eigenvalue weighted by atomic mass is 10.1. The highest BCUT2D eigenvalue weighted by Crippen LogP contribution is 2.36. The molecule has 0 saturated carbocycles. The van der Waals surface area contributed by atoms with Gasteiger partial charge in [-0.2, -0.15) is 0 Å². The lowest BCUT2D eigenvalue weighted by molar-refractivity contribution is 0.0955.